The van der Waals surface area contributed by atoms with Gasteiger partial charge in [-0.25, -0.2) is 4.68 Å². The molecule has 6 nitrogen and oxygen atoms in total. The summed E-state index contributed by atoms with van der Waals surface area (Å²) in [4.78, 5) is 18.9. The van der Waals surface area contributed by atoms with E-state index in [0.717, 1.165) is 16.8 Å². The van der Waals surface area contributed by atoms with Gasteiger partial charge in [0.05, 0.1) is 25.0 Å². The van der Waals surface area contributed by atoms with Gasteiger partial charge >= 0.3 is 0 Å². The molecule has 0 aliphatic rings. The van der Waals surface area contributed by atoms with Crippen LogP contribution in [0.3, 0.4) is 0 Å². The van der Waals surface area contributed by atoms with Gasteiger partial charge in [0.25, 0.3) is 0 Å². The maximum atomic E-state index is 13.1. The van der Waals surface area contributed by atoms with Gasteiger partial charge in [0.1, 0.15) is 10.9 Å². The summed E-state index contributed by atoms with van der Waals surface area (Å²) < 4.78 is 7.15. The average molecular weight is 481 g/mol. The normalized spacial score (nSPS) is 11.2. The molecule has 0 atom stereocenters. The molecule has 0 saturated heterocycles. The second-order valence-electron chi connectivity index (χ2n) is 7.54. The highest BCUT2D eigenvalue weighted by Crippen LogP contribution is 2.23. The first-order valence-corrected chi connectivity index (χ1v) is 11.1. The fourth-order valence-electron chi connectivity index (χ4n) is 3.40. The van der Waals surface area contributed by atoms with Crippen LogP contribution in [-0.4, -0.2) is 25.6 Å². The highest BCUT2D eigenvalue weighted by atomic mass is 35.5. The first-order valence-electron chi connectivity index (χ1n) is 10.3. The van der Waals surface area contributed by atoms with Crippen molar-refractivity contribution in [3.8, 4) is 0 Å². The number of furan rings is 1. The Hall–Kier alpha value is -3.35. The van der Waals surface area contributed by atoms with E-state index in [1.807, 2.05) is 49.4 Å². The Labute approximate surface area is 202 Å². The van der Waals surface area contributed by atoms with Crippen molar-refractivity contribution in [3.05, 3.63) is 112 Å². The Morgan fingerprint density at radius 1 is 1.09 bits per heavy atom. The molecule has 4 rings (SSSR count). The van der Waals surface area contributed by atoms with Gasteiger partial charge in [-0.2, -0.15) is 5.10 Å². The Balaban J connectivity index is 1.52. The highest BCUT2D eigenvalue weighted by Gasteiger charge is 2.16. The SMILES string of the molecule is Cc1nn(Cc2ccc(Cl)cc2)c(Cl)c1/C=C/C(=O)N(Cc1cccnc1)Cc1ccco1. The molecule has 0 saturated carbocycles. The molecule has 4 aromatic rings. The van der Waals surface area contributed by atoms with E-state index in [1.54, 1.807) is 40.4 Å². The smallest absolute Gasteiger partial charge is 0.247 e. The number of carbonyl (C=O) groups is 1. The maximum Gasteiger partial charge on any atom is 0.247 e. The molecular formula is C25H22Cl2N4O2. The number of halogens is 2. The lowest BCUT2D eigenvalue weighted by atomic mass is 10.2. The van der Waals surface area contributed by atoms with Crippen LogP contribution in [0.25, 0.3) is 6.08 Å². The molecule has 3 heterocycles. The molecule has 0 bridgehead atoms. The van der Waals surface area contributed by atoms with Crippen LogP contribution in [0.15, 0.2) is 77.7 Å². The van der Waals surface area contributed by atoms with Gasteiger partial charge < -0.3 is 9.32 Å². The fourth-order valence-corrected chi connectivity index (χ4v) is 3.82. The molecular weight excluding hydrogens is 459 g/mol. The monoisotopic (exact) mass is 480 g/mol. The lowest BCUT2D eigenvalue weighted by molar-refractivity contribution is -0.127. The minimum atomic E-state index is -0.170. The first kappa shape index (κ1) is 22.8. The van der Waals surface area contributed by atoms with Crippen molar-refractivity contribution in [2.75, 3.05) is 0 Å². The number of pyridine rings is 1. The van der Waals surface area contributed by atoms with Crippen LogP contribution in [0, 0.1) is 6.92 Å². The number of carbonyl (C=O) groups excluding carboxylic acids is 1. The van der Waals surface area contributed by atoms with Gasteiger partial charge in [-0.1, -0.05) is 41.4 Å². The minimum Gasteiger partial charge on any atom is -0.467 e. The standard InChI is InChI=1S/C25H22Cl2N4O2/c1-18-23(25(27)31(29-18)16-19-6-8-21(26)9-7-19)10-11-24(32)30(17-22-5-3-13-33-22)15-20-4-2-12-28-14-20/h2-14H,15-17H2,1H3/b11-10+. The zero-order chi connectivity index (χ0) is 23.2. The van der Waals surface area contributed by atoms with E-state index in [0.29, 0.717) is 41.1 Å². The molecule has 0 fully saturated rings. The molecule has 168 valence electrons. The quantitative estimate of drug-likeness (QED) is 0.300. The van der Waals surface area contributed by atoms with Crippen LogP contribution in [0.1, 0.15) is 28.1 Å². The van der Waals surface area contributed by atoms with Crippen LogP contribution in [0.2, 0.25) is 10.2 Å². The number of aromatic nitrogens is 3. The van der Waals surface area contributed by atoms with E-state index in [9.17, 15) is 4.79 Å². The Kier molecular flexibility index (Phi) is 7.27. The van der Waals surface area contributed by atoms with Crippen LogP contribution < -0.4 is 0 Å². The predicted molar refractivity (Wildman–Crippen MR) is 129 cm³/mol. The van der Waals surface area contributed by atoms with Crippen LogP contribution >= 0.6 is 23.2 Å². The van der Waals surface area contributed by atoms with Crippen molar-refractivity contribution >= 4 is 35.2 Å². The third-order valence-corrected chi connectivity index (χ3v) is 5.73. The number of amides is 1. The van der Waals surface area contributed by atoms with Gasteiger partial charge in [-0.3, -0.25) is 9.78 Å². The van der Waals surface area contributed by atoms with Crippen molar-refractivity contribution < 1.29 is 9.21 Å². The third-order valence-electron chi connectivity index (χ3n) is 5.08. The number of hydrogen-bond donors (Lipinski definition) is 0. The van der Waals surface area contributed by atoms with Crippen molar-refractivity contribution in [1.29, 1.82) is 0 Å². The average Bonchev–Trinajstić information content (AvgIpc) is 3.42. The second-order valence-corrected chi connectivity index (χ2v) is 8.34. The molecule has 0 aliphatic heterocycles. The zero-order valence-electron chi connectivity index (χ0n) is 18.0. The summed E-state index contributed by atoms with van der Waals surface area (Å²) in [6.45, 7) is 3.11. The van der Waals surface area contributed by atoms with E-state index in [2.05, 4.69) is 10.1 Å². The Morgan fingerprint density at radius 3 is 2.61 bits per heavy atom. The first-order chi connectivity index (χ1) is 16.0. The summed E-state index contributed by atoms with van der Waals surface area (Å²) in [6, 6.07) is 14.9. The van der Waals surface area contributed by atoms with Crippen LogP contribution in [0.4, 0.5) is 0 Å². The van der Waals surface area contributed by atoms with E-state index in [-0.39, 0.29) is 5.91 Å². The van der Waals surface area contributed by atoms with E-state index >= 15 is 0 Å². The Morgan fingerprint density at radius 2 is 1.91 bits per heavy atom. The summed E-state index contributed by atoms with van der Waals surface area (Å²) in [5.41, 5.74) is 3.40. The van der Waals surface area contributed by atoms with Gasteiger partial charge in [0.15, 0.2) is 0 Å². The largest absolute Gasteiger partial charge is 0.467 e. The van der Waals surface area contributed by atoms with Crippen LogP contribution in [-0.2, 0) is 24.4 Å². The van der Waals surface area contributed by atoms with Gasteiger partial charge in [-0.15, -0.1) is 0 Å². The van der Waals surface area contributed by atoms with Crippen molar-refractivity contribution in [2.45, 2.75) is 26.6 Å². The highest BCUT2D eigenvalue weighted by molar-refractivity contribution is 6.31. The molecule has 0 unspecified atom stereocenters. The summed E-state index contributed by atoms with van der Waals surface area (Å²) in [6.07, 6.45) is 8.27. The fraction of sp³-hybridized carbons (Fsp3) is 0.160. The van der Waals surface area contributed by atoms with Gasteiger partial charge in [0, 0.05) is 35.6 Å². The van der Waals surface area contributed by atoms with Crippen molar-refractivity contribution in [3.63, 3.8) is 0 Å². The summed E-state index contributed by atoms with van der Waals surface area (Å²) in [5.74, 6) is 0.529. The molecule has 0 N–H and O–H groups in total. The zero-order valence-corrected chi connectivity index (χ0v) is 19.5. The molecule has 1 aromatic carbocycles. The number of nitrogens with zero attached hydrogens (tertiary/aromatic N) is 4. The van der Waals surface area contributed by atoms with Crippen LogP contribution in [0.5, 0.6) is 0 Å². The molecule has 3 aromatic heterocycles. The summed E-state index contributed by atoms with van der Waals surface area (Å²) in [7, 11) is 0. The second kappa shape index (κ2) is 10.5. The minimum absolute atomic E-state index is 0.170. The topological polar surface area (TPSA) is 64.2 Å². The van der Waals surface area contributed by atoms with Gasteiger partial charge in [0.2, 0.25) is 5.91 Å². The van der Waals surface area contributed by atoms with E-state index in [4.69, 9.17) is 27.6 Å². The summed E-state index contributed by atoms with van der Waals surface area (Å²) in [5, 5.41) is 5.68. The maximum absolute atomic E-state index is 13.1. The predicted octanol–water partition coefficient (Wildman–Crippen LogP) is 5.78. The molecule has 1 amide bonds. The summed E-state index contributed by atoms with van der Waals surface area (Å²) >= 11 is 12.6. The lowest BCUT2D eigenvalue weighted by Crippen LogP contribution is -2.28. The van der Waals surface area contributed by atoms with E-state index < -0.39 is 0 Å². The van der Waals surface area contributed by atoms with Crippen molar-refractivity contribution in [1.82, 2.24) is 19.7 Å². The lowest BCUT2D eigenvalue weighted by Gasteiger charge is -2.20. The number of benzene rings is 1. The molecule has 0 aliphatic carbocycles. The number of rotatable bonds is 8. The molecule has 0 spiro atoms. The number of hydrogen-bond acceptors (Lipinski definition) is 4. The molecule has 8 heteroatoms. The molecule has 33 heavy (non-hydrogen) atoms. The van der Waals surface area contributed by atoms with Crippen molar-refractivity contribution in [2.24, 2.45) is 0 Å². The third kappa shape index (κ3) is 5.92. The Bertz CT molecular complexity index is 1230. The number of aryl methyl sites for hydroxylation is 1. The molecule has 0 radical (unpaired) electrons. The van der Waals surface area contributed by atoms with Gasteiger partial charge in [-0.05, 0) is 54.5 Å². The van der Waals surface area contributed by atoms with E-state index in [1.165, 1.54) is 6.08 Å².